The van der Waals surface area contributed by atoms with Crippen molar-refractivity contribution in [2.24, 2.45) is 0 Å². The highest BCUT2D eigenvalue weighted by Crippen LogP contribution is 2.31. The van der Waals surface area contributed by atoms with E-state index < -0.39 is 0 Å². The Kier molecular flexibility index (Phi) is 4.21. The molecular weight excluding hydrogens is 343 g/mol. The maximum atomic E-state index is 5.87. The van der Waals surface area contributed by atoms with Crippen LogP contribution in [0, 0.1) is 0 Å². The van der Waals surface area contributed by atoms with Gasteiger partial charge < -0.3 is 10.1 Å². The zero-order valence-corrected chi connectivity index (χ0v) is 12.2. The predicted molar refractivity (Wildman–Crippen MR) is 73.8 cm³/mol. The molecule has 0 amide bonds. The van der Waals surface area contributed by atoms with Crippen molar-refractivity contribution in [3.63, 3.8) is 0 Å². The quantitative estimate of drug-likeness (QED) is 0.915. The first-order chi connectivity index (χ1) is 8.60. The maximum Gasteiger partial charge on any atom is 0.245 e. The van der Waals surface area contributed by atoms with Crippen LogP contribution in [0.5, 0.6) is 5.75 Å². The Morgan fingerprint density at radius 2 is 2.06 bits per heavy atom. The molecule has 2 rings (SSSR count). The van der Waals surface area contributed by atoms with Crippen molar-refractivity contribution in [1.29, 1.82) is 0 Å². The second-order valence-corrected chi connectivity index (χ2v) is 4.80. The van der Waals surface area contributed by atoms with Gasteiger partial charge in [0.05, 0.1) is 12.8 Å². The number of hydrogen-bond acceptors (Lipinski definition) is 5. The van der Waals surface area contributed by atoms with Crippen molar-refractivity contribution in [2.45, 2.75) is 0 Å². The van der Waals surface area contributed by atoms with Crippen molar-refractivity contribution >= 4 is 50.6 Å². The first-order valence-corrected chi connectivity index (χ1v) is 6.31. The van der Waals surface area contributed by atoms with Crippen LogP contribution in [0.1, 0.15) is 0 Å². The fraction of sp³-hybridized carbons (Fsp3) is 0.100. The molecule has 0 unspecified atom stereocenters. The molecule has 0 fully saturated rings. The van der Waals surface area contributed by atoms with Gasteiger partial charge >= 0.3 is 0 Å². The van der Waals surface area contributed by atoms with E-state index in [2.05, 4.69) is 36.4 Å². The maximum absolute atomic E-state index is 5.87. The summed E-state index contributed by atoms with van der Waals surface area (Å²) in [5, 5.41) is 10.3. The lowest BCUT2D eigenvalue weighted by Crippen LogP contribution is -2.00. The number of ether oxygens (including phenoxy) is 1. The summed E-state index contributed by atoms with van der Waals surface area (Å²) in [6.45, 7) is 0. The fourth-order valence-electron chi connectivity index (χ4n) is 1.28. The van der Waals surface area contributed by atoms with Crippen molar-refractivity contribution in [2.75, 3.05) is 12.4 Å². The van der Waals surface area contributed by atoms with Crippen molar-refractivity contribution in [3.05, 3.63) is 33.1 Å². The topological polar surface area (TPSA) is 59.9 Å². The average molecular weight is 350 g/mol. The number of benzene rings is 1. The zero-order valence-electron chi connectivity index (χ0n) is 9.12. The summed E-state index contributed by atoms with van der Waals surface area (Å²) in [6, 6.07) is 5.48. The van der Waals surface area contributed by atoms with Crippen LogP contribution in [-0.2, 0) is 0 Å². The summed E-state index contributed by atoms with van der Waals surface area (Å²) in [4.78, 5) is 3.95. The molecule has 0 aliphatic carbocycles. The van der Waals surface area contributed by atoms with E-state index in [0.29, 0.717) is 17.3 Å². The number of nitrogens with one attached hydrogen (secondary N) is 1. The molecule has 1 aromatic carbocycles. The summed E-state index contributed by atoms with van der Waals surface area (Å²) >= 11 is 14.9. The van der Waals surface area contributed by atoms with Crippen LogP contribution in [0.4, 0.5) is 11.5 Å². The Bertz CT molecular complexity index is 582. The molecule has 0 aliphatic heterocycles. The molecule has 0 radical (unpaired) electrons. The van der Waals surface area contributed by atoms with Crippen molar-refractivity contribution in [3.8, 4) is 5.75 Å². The zero-order chi connectivity index (χ0) is 13.1. The highest BCUT2D eigenvalue weighted by molar-refractivity contribution is 9.10. The van der Waals surface area contributed by atoms with Crippen LogP contribution < -0.4 is 10.1 Å². The Labute approximate surface area is 122 Å². The Hall–Kier alpha value is -1.11. The molecule has 1 heterocycles. The van der Waals surface area contributed by atoms with Crippen LogP contribution in [0.3, 0.4) is 0 Å². The van der Waals surface area contributed by atoms with E-state index in [0.717, 1.165) is 4.47 Å². The van der Waals surface area contributed by atoms with Crippen molar-refractivity contribution in [1.82, 2.24) is 15.2 Å². The van der Waals surface area contributed by atoms with Gasteiger partial charge in [0, 0.05) is 4.47 Å². The van der Waals surface area contributed by atoms with Crippen LogP contribution in [0.25, 0.3) is 0 Å². The SMILES string of the molecule is COc1ccc(Br)cc1Nc1nc(Cl)nnc1Cl. The third-order valence-electron chi connectivity index (χ3n) is 2.03. The number of aromatic nitrogens is 3. The lowest BCUT2D eigenvalue weighted by atomic mass is 10.3. The van der Waals surface area contributed by atoms with Gasteiger partial charge in [0.25, 0.3) is 0 Å². The van der Waals surface area contributed by atoms with Gasteiger partial charge in [-0.25, -0.2) is 0 Å². The van der Waals surface area contributed by atoms with E-state index in [-0.39, 0.29) is 10.4 Å². The van der Waals surface area contributed by atoms with E-state index in [1.165, 1.54) is 0 Å². The van der Waals surface area contributed by atoms with Gasteiger partial charge in [-0.05, 0) is 29.8 Å². The van der Waals surface area contributed by atoms with E-state index in [9.17, 15) is 0 Å². The Morgan fingerprint density at radius 3 is 2.78 bits per heavy atom. The summed E-state index contributed by atoms with van der Waals surface area (Å²) in [6.07, 6.45) is 0. The normalized spacial score (nSPS) is 10.2. The monoisotopic (exact) mass is 348 g/mol. The largest absolute Gasteiger partial charge is 0.495 e. The number of rotatable bonds is 3. The van der Waals surface area contributed by atoms with Gasteiger partial charge in [0.15, 0.2) is 11.0 Å². The molecule has 0 aliphatic rings. The number of halogens is 3. The van der Waals surface area contributed by atoms with Crippen LogP contribution in [0.15, 0.2) is 22.7 Å². The predicted octanol–water partition coefficient (Wildman–Crippen LogP) is 3.69. The smallest absolute Gasteiger partial charge is 0.245 e. The molecule has 1 N–H and O–H groups in total. The molecule has 0 spiro atoms. The van der Waals surface area contributed by atoms with Gasteiger partial charge in [0.1, 0.15) is 5.75 Å². The number of anilines is 2. The molecule has 94 valence electrons. The molecule has 5 nitrogen and oxygen atoms in total. The minimum Gasteiger partial charge on any atom is -0.495 e. The van der Waals surface area contributed by atoms with Crippen molar-refractivity contribution < 1.29 is 4.74 Å². The third kappa shape index (κ3) is 3.01. The Balaban J connectivity index is 2.38. The molecule has 0 bridgehead atoms. The van der Waals surface area contributed by atoms with Gasteiger partial charge in [-0.2, -0.15) is 4.98 Å². The molecule has 0 saturated carbocycles. The fourth-order valence-corrected chi connectivity index (χ4v) is 1.89. The minimum absolute atomic E-state index is 0.0101. The standard InChI is InChI=1S/C10H7BrCl2N4O/c1-18-7-3-2-5(11)4-6(7)14-9-8(12)16-17-10(13)15-9/h2-4H,1H3,(H,14,15,17). The third-order valence-corrected chi connectivity index (χ3v) is 2.94. The first-order valence-electron chi connectivity index (χ1n) is 4.76. The molecule has 0 atom stereocenters. The van der Waals surface area contributed by atoms with Gasteiger partial charge in [-0.1, -0.05) is 27.5 Å². The van der Waals surface area contributed by atoms with Gasteiger partial charge in [-0.3, -0.25) is 0 Å². The Morgan fingerprint density at radius 1 is 1.28 bits per heavy atom. The van der Waals surface area contributed by atoms with E-state index in [1.54, 1.807) is 13.2 Å². The number of nitrogens with zero attached hydrogens (tertiary/aromatic N) is 3. The van der Waals surface area contributed by atoms with E-state index >= 15 is 0 Å². The van der Waals surface area contributed by atoms with E-state index in [1.807, 2.05) is 12.1 Å². The average Bonchev–Trinajstić information content (AvgIpc) is 2.34. The van der Waals surface area contributed by atoms with Gasteiger partial charge in [-0.15, -0.1) is 10.2 Å². The van der Waals surface area contributed by atoms with Crippen LogP contribution in [0.2, 0.25) is 10.4 Å². The summed E-state index contributed by atoms with van der Waals surface area (Å²) in [7, 11) is 1.57. The molecule has 18 heavy (non-hydrogen) atoms. The van der Waals surface area contributed by atoms with Gasteiger partial charge in [0.2, 0.25) is 5.28 Å². The highest BCUT2D eigenvalue weighted by Gasteiger charge is 2.10. The first kappa shape index (κ1) is 13.3. The lowest BCUT2D eigenvalue weighted by Gasteiger charge is -2.11. The minimum atomic E-state index is 0.0101. The highest BCUT2D eigenvalue weighted by atomic mass is 79.9. The van der Waals surface area contributed by atoms with Crippen LogP contribution >= 0.6 is 39.1 Å². The second-order valence-electron chi connectivity index (χ2n) is 3.19. The molecule has 1 aromatic heterocycles. The lowest BCUT2D eigenvalue weighted by molar-refractivity contribution is 0.416. The van der Waals surface area contributed by atoms with E-state index in [4.69, 9.17) is 27.9 Å². The molecule has 2 aromatic rings. The molecule has 0 saturated heterocycles. The number of hydrogen-bond donors (Lipinski definition) is 1. The number of methoxy groups -OCH3 is 1. The summed E-state index contributed by atoms with van der Waals surface area (Å²) in [5.74, 6) is 0.956. The molecule has 8 heteroatoms. The summed E-state index contributed by atoms with van der Waals surface area (Å²) < 4.78 is 6.10. The van der Waals surface area contributed by atoms with Crippen LogP contribution in [-0.4, -0.2) is 22.3 Å². The second kappa shape index (κ2) is 5.69. The molecular formula is C10H7BrCl2N4O. The summed E-state index contributed by atoms with van der Waals surface area (Å²) in [5.41, 5.74) is 0.686.